The molecule has 0 saturated carbocycles. The Morgan fingerprint density at radius 3 is 2.53 bits per heavy atom. The van der Waals surface area contributed by atoms with E-state index < -0.39 is 32.5 Å². The summed E-state index contributed by atoms with van der Waals surface area (Å²) in [4.78, 5) is 22.5. The van der Waals surface area contributed by atoms with Gasteiger partial charge in [-0.1, -0.05) is 25.1 Å². The number of alkyl halides is 3. The molecule has 1 aliphatic rings. The van der Waals surface area contributed by atoms with Gasteiger partial charge in [-0.05, 0) is 56.0 Å². The van der Waals surface area contributed by atoms with Gasteiger partial charge in [0.25, 0.3) is 5.91 Å². The molecule has 1 unspecified atom stereocenters. The van der Waals surface area contributed by atoms with Crippen molar-refractivity contribution in [2.45, 2.75) is 55.4 Å². The summed E-state index contributed by atoms with van der Waals surface area (Å²) in [5.74, 6) is -0.586. The summed E-state index contributed by atoms with van der Waals surface area (Å²) in [5.41, 5.74) is 4.46. The van der Waals surface area contributed by atoms with Crippen molar-refractivity contribution in [1.29, 1.82) is 0 Å². The molecule has 12 heteroatoms. The first-order chi connectivity index (χ1) is 17.7. The third-order valence-corrected chi connectivity index (χ3v) is 8.07. The summed E-state index contributed by atoms with van der Waals surface area (Å²) < 4.78 is 71.8. The van der Waals surface area contributed by atoms with Crippen LogP contribution in [0.15, 0.2) is 64.6 Å². The zero-order chi connectivity index (χ0) is 27.9. The Morgan fingerprint density at radius 1 is 1.18 bits per heavy atom. The number of halogens is 3. The number of carbonyl (C=O) groups excluding carboxylic acids is 1. The fourth-order valence-corrected chi connectivity index (χ4v) is 6.18. The van der Waals surface area contributed by atoms with Gasteiger partial charge in [-0.2, -0.15) is 13.2 Å². The highest BCUT2D eigenvalue weighted by Crippen LogP contribution is 2.39. The summed E-state index contributed by atoms with van der Waals surface area (Å²) in [7, 11) is -4.36. The smallest absolute Gasteiger partial charge is 0.416 e. The molecule has 1 aromatic carbocycles. The summed E-state index contributed by atoms with van der Waals surface area (Å²) in [6, 6.07) is 9.80. The molecule has 1 saturated heterocycles. The van der Waals surface area contributed by atoms with Gasteiger partial charge in [-0.3, -0.25) is 4.79 Å². The van der Waals surface area contributed by atoms with Gasteiger partial charge in [0.15, 0.2) is 5.03 Å². The molecule has 38 heavy (non-hydrogen) atoms. The molecular formula is C26H27F3N4O4S. The number of hydrogen-bond donors (Lipinski definition) is 1. The van der Waals surface area contributed by atoms with Gasteiger partial charge in [0.05, 0.1) is 10.5 Å². The molecule has 4 rings (SSSR count). The number of rotatable bonds is 7. The molecule has 0 spiro atoms. The minimum atomic E-state index is -4.51. The van der Waals surface area contributed by atoms with Crippen LogP contribution < -0.4 is 15.4 Å². The van der Waals surface area contributed by atoms with Crippen LogP contribution in [-0.2, 0) is 22.6 Å². The summed E-state index contributed by atoms with van der Waals surface area (Å²) in [6.07, 6.45) is -2.38. The van der Waals surface area contributed by atoms with Gasteiger partial charge in [0.2, 0.25) is 15.7 Å². The number of amides is 1. The Balaban J connectivity index is 1.67. The number of anilines is 1. The molecule has 0 bridgehead atoms. The number of nitrogens with zero attached hydrogens (tertiary/aromatic N) is 3. The molecule has 1 atom stereocenters. The third kappa shape index (κ3) is 5.45. The first kappa shape index (κ1) is 27.4. The molecule has 3 aromatic rings. The highest BCUT2D eigenvalue weighted by atomic mass is 32.2. The molecular weight excluding hydrogens is 521 g/mol. The van der Waals surface area contributed by atoms with Crippen molar-refractivity contribution in [1.82, 2.24) is 9.97 Å². The van der Waals surface area contributed by atoms with E-state index in [2.05, 4.69) is 16.9 Å². The number of pyridine rings is 2. The fourth-order valence-electron chi connectivity index (χ4n) is 4.79. The maximum absolute atomic E-state index is 13.6. The molecule has 3 heterocycles. The van der Waals surface area contributed by atoms with Crippen LogP contribution in [0.5, 0.6) is 5.88 Å². The van der Waals surface area contributed by atoms with Gasteiger partial charge in [0.1, 0.15) is 18.0 Å². The highest BCUT2D eigenvalue weighted by Gasteiger charge is 2.40. The average Bonchev–Trinajstić information content (AvgIpc) is 3.13. The van der Waals surface area contributed by atoms with E-state index in [0.717, 1.165) is 18.6 Å². The van der Waals surface area contributed by atoms with Crippen molar-refractivity contribution in [3.63, 3.8) is 0 Å². The molecule has 1 amide bonds. The molecule has 1 fully saturated rings. The molecule has 2 aromatic heterocycles. The van der Waals surface area contributed by atoms with E-state index in [1.165, 1.54) is 42.6 Å². The summed E-state index contributed by atoms with van der Waals surface area (Å²) >= 11 is 0. The van der Waals surface area contributed by atoms with Crippen molar-refractivity contribution in [2.24, 2.45) is 11.7 Å². The zero-order valence-electron chi connectivity index (χ0n) is 21.0. The van der Waals surface area contributed by atoms with E-state index in [-0.39, 0.29) is 39.9 Å². The van der Waals surface area contributed by atoms with Crippen LogP contribution in [0.3, 0.4) is 0 Å². The topological polar surface area (TPSA) is 115 Å². The molecule has 1 aliphatic heterocycles. The Morgan fingerprint density at radius 2 is 1.89 bits per heavy atom. The maximum Gasteiger partial charge on any atom is 0.416 e. The van der Waals surface area contributed by atoms with Gasteiger partial charge >= 0.3 is 6.18 Å². The second kappa shape index (κ2) is 9.90. The minimum Gasteiger partial charge on any atom is -0.473 e. The van der Waals surface area contributed by atoms with Crippen LogP contribution >= 0.6 is 0 Å². The van der Waals surface area contributed by atoms with Gasteiger partial charge in [0, 0.05) is 24.3 Å². The van der Waals surface area contributed by atoms with Crippen molar-refractivity contribution >= 4 is 21.6 Å². The number of primary amides is 1. The van der Waals surface area contributed by atoms with E-state index >= 15 is 0 Å². The number of carbonyl (C=O) groups is 1. The van der Waals surface area contributed by atoms with Gasteiger partial charge in [-0.25, -0.2) is 18.4 Å². The first-order valence-electron chi connectivity index (χ1n) is 11.8. The number of aromatic nitrogens is 2. The van der Waals surface area contributed by atoms with Gasteiger partial charge < -0.3 is 15.4 Å². The van der Waals surface area contributed by atoms with Crippen LogP contribution in [0.25, 0.3) is 0 Å². The Hall–Kier alpha value is -3.67. The van der Waals surface area contributed by atoms with E-state index in [4.69, 9.17) is 10.5 Å². The van der Waals surface area contributed by atoms with Crippen molar-refractivity contribution in [3.8, 4) is 5.88 Å². The second-order valence-corrected chi connectivity index (χ2v) is 11.8. The molecule has 202 valence electrons. The second-order valence-electron chi connectivity index (χ2n) is 9.91. The van der Waals surface area contributed by atoms with Crippen LogP contribution in [0.1, 0.15) is 48.7 Å². The van der Waals surface area contributed by atoms with Crippen LogP contribution in [0.2, 0.25) is 0 Å². The molecule has 0 radical (unpaired) electrons. The fraction of sp³-hybridized carbons (Fsp3) is 0.346. The van der Waals surface area contributed by atoms with E-state index in [9.17, 15) is 26.4 Å². The largest absolute Gasteiger partial charge is 0.473 e. The number of benzene rings is 1. The number of sulfone groups is 1. The van der Waals surface area contributed by atoms with Crippen LogP contribution in [0, 0.1) is 5.92 Å². The number of hydrogen-bond acceptors (Lipinski definition) is 7. The van der Waals surface area contributed by atoms with E-state index in [1.807, 2.05) is 18.7 Å². The molecule has 0 aliphatic carbocycles. The van der Waals surface area contributed by atoms with Crippen molar-refractivity contribution in [3.05, 3.63) is 71.4 Å². The SMILES string of the molecule is CC1CN(c2nccc(S(=O)(=O)c3cccc(OCc4cccc(C(F)(F)F)c4)n3)c2C(N)=O)C(C)(C)C1. The van der Waals surface area contributed by atoms with Gasteiger partial charge in [-0.15, -0.1) is 0 Å². The van der Waals surface area contributed by atoms with E-state index in [0.29, 0.717) is 12.5 Å². The lowest BCUT2D eigenvalue weighted by molar-refractivity contribution is -0.137. The molecule has 2 N–H and O–H groups in total. The Bertz CT molecular complexity index is 1480. The highest BCUT2D eigenvalue weighted by molar-refractivity contribution is 7.91. The molecule has 8 nitrogen and oxygen atoms in total. The lowest BCUT2D eigenvalue weighted by atomic mass is 9.97. The predicted molar refractivity (Wildman–Crippen MR) is 133 cm³/mol. The summed E-state index contributed by atoms with van der Waals surface area (Å²) in [5, 5.41) is -0.409. The first-order valence-corrected chi connectivity index (χ1v) is 13.3. The maximum atomic E-state index is 13.6. The van der Waals surface area contributed by atoms with Crippen molar-refractivity contribution < 1.29 is 31.1 Å². The quantitative estimate of drug-likeness (QED) is 0.458. The minimum absolute atomic E-state index is 0.118. The summed E-state index contributed by atoms with van der Waals surface area (Å²) in [6.45, 7) is 6.32. The third-order valence-electron chi connectivity index (χ3n) is 6.37. The normalized spacial score (nSPS) is 17.4. The lowest BCUT2D eigenvalue weighted by Crippen LogP contribution is -2.40. The zero-order valence-corrected chi connectivity index (χ0v) is 21.8. The lowest BCUT2D eigenvalue weighted by Gasteiger charge is -2.33. The monoisotopic (exact) mass is 548 g/mol. The number of nitrogens with two attached hydrogens (primary N) is 1. The number of ether oxygens (including phenoxy) is 1. The van der Waals surface area contributed by atoms with E-state index in [1.54, 1.807) is 0 Å². The van der Waals surface area contributed by atoms with Crippen molar-refractivity contribution in [2.75, 3.05) is 11.4 Å². The van der Waals surface area contributed by atoms with Crippen LogP contribution in [0.4, 0.5) is 19.0 Å². The van der Waals surface area contributed by atoms with Crippen LogP contribution in [-0.4, -0.2) is 36.4 Å². The standard InChI is InChI=1S/C26H27F3N4O4S/c1-16-13-25(2,3)33(14-16)24-22(23(30)34)19(10-11-31-24)38(35,36)21-9-5-8-20(32-21)37-15-17-6-4-7-18(12-17)26(27,28)29/h4-12,16H,13-15H2,1-3H3,(H2,30,34). The predicted octanol–water partition coefficient (Wildman–Crippen LogP) is 4.63. The Kier molecular flexibility index (Phi) is 7.13. The average molecular weight is 549 g/mol. The Labute approximate surface area is 218 Å².